The molecule has 0 spiro atoms. The third-order valence-corrected chi connectivity index (χ3v) is 0.756. The Morgan fingerprint density at radius 2 is 2.09 bits per heavy atom. The van der Waals surface area contributed by atoms with Crippen LogP contribution in [0, 0.1) is 0 Å². The fourth-order valence-electron chi connectivity index (χ4n) is 0.349. The normalized spacial score (nSPS) is 8.91. The van der Waals surface area contributed by atoms with Crippen LogP contribution in [0.1, 0.15) is 13.3 Å². The molecule has 6 nitrogen and oxygen atoms in total. The number of esters is 1. The topological polar surface area (TPSA) is 90.7 Å². The van der Waals surface area contributed by atoms with Crippen LogP contribution in [0.4, 0.5) is 0 Å². The van der Waals surface area contributed by atoms with Crippen molar-refractivity contribution in [3.63, 3.8) is 0 Å². The smallest absolute Gasteiger partial charge is 0.437 e. The highest BCUT2D eigenvalue weighted by molar-refractivity contribution is 6.29. The van der Waals surface area contributed by atoms with Crippen molar-refractivity contribution >= 4 is 11.9 Å². The molecule has 0 aliphatic carbocycles. The van der Waals surface area contributed by atoms with Gasteiger partial charge >= 0.3 is 11.9 Å². The number of nitrogens with one attached hydrogen (secondary N) is 1. The molecule has 0 bridgehead atoms. The van der Waals surface area contributed by atoms with Crippen molar-refractivity contribution in [2.45, 2.75) is 13.3 Å². The maximum atomic E-state index is 10.5. The van der Waals surface area contributed by atoms with Crippen LogP contribution in [-0.4, -0.2) is 18.5 Å². The zero-order valence-corrected chi connectivity index (χ0v) is 6.12. The highest BCUT2D eigenvalue weighted by Crippen LogP contribution is 1.84. The summed E-state index contributed by atoms with van der Waals surface area (Å²) < 4.78 is 4.40. The van der Waals surface area contributed by atoms with Crippen LogP contribution >= 0.6 is 0 Å². The van der Waals surface area contributed by atoms with Crippen LogP contribution in [0.5, 0.6) is 0 Å². The van der Waals surface area contributed by atoms with Gasteiger partial charge in [-0.3, -0.25) is 0 Å². The molecule has 0 aromatic carbocycles. The Bertz CT molecular complexity index is 147. The van der Waals surface area contributed by atoms with Gasteiger partial charge in [0.2, 0.25) is 0 Å². The Balaban J connectivity index is 3.56. The Morgan fingerprint density at radius 3 is 2.55 bits per heavy atom. The van der Waals surface area contributed by atoms with E-state index in [1.54, 1.807) is 12.5 Å². The second-order valence-electron chi connectivity index (χ2n) is 1.64. The molecule has 0 heterocycles. The van der Waals surface area contributed by atoms with E-state index in [4.69, 9.17) is 0 Å². The second-order valence-corrected chi connectivity index (χ2v) is 1.64. The third-order valence-electron chi connectivity index (χ3n) is 0.756. The van der Waals surface area contributed by atoms with Crippen LogP contribution in [0.15, 0.2) is 0 Å². The van der Waals surface area contributed by atoms with Gasteiger partial charge in [-0.05, 0) is 6.42 Å². The van der Waals surface area contributed by atoms with E-state index < -0.39 is 11.9 Å². The minimum absolute atomic E-state index is 0.193. The molecule has 0 saturated carbocycles. The van der Waals surface area contributed by atoms with Gasteiger partial charge in [0.1, 0.15) is 0 Å². The number of nitrogens with two attached hydrogens (primary N) is 1. The van der Waals surface area contributed by atoms with Crippen molar-refractivity contribution < 1.29 is 19.2 Å². The summed E-state index contributed by atoms with van der Waals surface area (Å²) in [4.78, 5) is 24.8. The van der Waals surface area contributed by atoms with Gasteiger partial charge in [0.15, 0.2) is 0 Å². The van der Waals surface area contributed by atoms with E-state index in [1.807, 2.05) is 0 Å². The maximum absolute atomic E-state index is 10.5. The number of hydrogen-bond donors (Lipinski definition) is 2. The molecule has 11 heavy (non-hydrogen) atoms. The highest BCUT2D eigenvalue weighted by Gasteiger charge is 2.16. The summed E-state index contributed by atoms with van der Waals surface area (Å²) in [6.45, 7) is 2.00. The molecule has 0 amide bonds. The first-order valence-electron chi connectivity index (χ1n) is 3.06. The summed E-state index contributed by atoms with van der Waals surface area (Å²) in [5.41, 5.74) is 1.57. The van der Waals surface area contributed by atoms with E-state index in [0.29, 0.717) is 6.42 Å². The van der Waals surface area contributed by atoms with Crippen molar-refractivity contribution in [3.05, 3.63) is 0 Å². The molecule has 0 aromatic heterocycles. The van der Waals surface area contributed by atoms with Gasteiger partial charge in [-0.1, -0.05) is 12.5 Å². The molecule has 0 atom stereocenters. The first kappa shape index (κ1) is 9.86. The SMILES string of the molecule is CCCOC(=O)C(=O)ONN. The quantitative estimate of drug-likeness (QED) is 0.236. The first-order valence-corrected chi connectivity index (χ1v) is 3.06. The molecule has 0 unspecified atom stereocenters. The summed E-state index contributed by atoms with van der Waals surface area (Å²) in [6.07, 6.45) is 0.648. The molecule has 0 aliphatic rings. The molecule has 3 N–H and O–H groups in total. The average molecular weight is 162 g/mol. The lowest BCUT2D eigenvalue weighted by atomic mass is 10.5. The van der Waals surface area contributed by atoms with E-state index in [2.05, 4.69) is 15.4 Å². The summed E-state index contributed by atoms with van der Waals surface area (Å²) >= 11 is 0. The van der Waals surface area contributed by atoms with E-state index in [9.17, 15) is 9.59 Å². The maximum Gasteiger partial charge on any atom is 0.437 e. The van der Waals surface area contributed by atoms with Gasteiger partial charge in [0, 0.05) is 0 Å². The van der Waals surface area contributed by atoms with Gasteiger partial charge in [0.05, 0.1) is 6.61 Å². The van der Waals surface area contributed by atoms with Gasteiger partial charge in [-0.2, -0.15) is 0 Å². The van der Waals surface area contributed by atoms with Crippen LogP contribution in [0.3, 0.4) is 0 Å². The standard InChI is InChI=1S/C5H10N2O4/c1-2-3-10-4(8)5(9)11-7-6/h7H,2-3,6H2,1H3. The Labute approximate surface area is 63.6 Å². The zero-order valence-electron chi connectivity index (χ0n) is 6.12. The van der Waals surface area contributed by atoms with E-state index in [-0.39, 0.29) is 6.61 Å². The van der Waals surface area contributed by atoms with Gasteiger partial charge in [0.25, 0.3) is 0 Å². The van der Waals surface area contributed by atoms with Crippen LogP contribution in [-0.2, 0) is 19.2 Å². The molecule has 0 fully saturated rings. The zero-order chi connectivity index (χ0) is 8.69. The summed E-state index contributed by atoms with van der Waals surface area (Å²) in [7, 11) is 0. The molecular weight excluding hydrogens is 152 g/mol. The van der Waals surface area contributed by atoms with Crippen molar-refractivity contribution in [3.8, 4) is 0 Å². The van der Waals surface area contributed by atoms with Crippen LogP contribution in [0.25, 0.3) is 0 Å². The average Bonchev–Trinajstić information content (AvgIpc) is 2.00. The Hall–Kier alpha value is -1.14. The second kappa shape index (κ2) is 5.63. The summed E-state index contributed by atoms with van der Waals surface area (Å²) in [5, 5.41) is 0. The van der Waals surface area contributed by atoms with Crippen LogP contribution < -0.4 is 11.4 Å². The molecule has 0 aliphatic heterocycles. The van der Waals surface area contributed by atoms with E-state index >= 15 is 0 Å². The van der Waals surface area contributed by atoms with Crippen molar-refractivity contribution in [2.75, 3.05) is 6.61 Å². The van der Waals surface area contributed by atoms with E-state index in [1.165, 1.54) is 0 Å². The lowest BCUT2D eigenvalue weighted by Gasteiger charge is -2.00. The van der Waals surface area contributed by atoms with Gasteiger partial charge < -0.3 is 9.57 Å². The minimum atomic E-state index is -1.15. The van der Waals surface area contributed by atoms with Crippen molar-refractivity contribution in [2.24, 2.45) is 5.84 Å². The number of rotatable bonds is 3. The summed E-state index contributed by atoms with van der Waals surface area (Å²) in [6, 6.07) is 0. The molecule has 0 aromatic rings. The number of ether oxygens (including phenoxy) is 1. The number of hydrazine groups is 1. The Morgan fingerprint density at radius 1 is 1.45 bits per heavy atom. The molecule has 0 rings (SSSR count). The van der Waals surface area contributed by atoms with E-state index in [0.717, 1.165) is 0 Å². The lowest BCUT2D eigenvalue weighted by Crippen LogP contribution is -2.31. The Kier molecular flexibility index (Phi) is 5.05. The molecule has 64 valence electrons. The van der Waals surface area contributed by atoms with Crippen molar-refractivity contribution in [1.82, 2.24) is 5.59 Å². The third kappa shape index (κ3) is 4.29. The number of carbonyl (C=O) groups excluding carboxylic acids is 2. The highest BCUT2D eigenvalue weighted by atomic mass is 16.7. The largest absolute Gasteiger partial charge is 0.457 e. The molecular formula is C5H10N2O4. The predicted octanol–water partition coefficient (Wildman–Crippen LogP) is -1.14. The lowest BCUT2D eigenvalue weighted by molar-refractivity contribution is -0.172. The monoisotopic (exact) mass is 162 g/mol. The predicted molar refractivity (Wildman–Crippen MR) is 34.7 cm³/mol. The fraction of sp³-hybridized carbons (Fsp3) is 0.600. The van der Waals surface area contributed by atoms with Gasteiger partial charge in [-0.25, -0.2) is 15.4 Å². The van der Waals surface area contributed by atoms with Crippen molar-refractivity contribution in [1.29, 1.82) is 0 Å². The number of carbonyl (C=O) groups is 2. The summed E-state index contributed by atoms with van der Waals surface area (Å²) in [5.74, 6) is 2.39. The molecule has 6 heteroatoms. The molecule has 0 saturated heterocycles. The van der Waals surface area contributed by atoms with Crippen LogP contribution in [0.2, 0.25) is 0 Å². The van der Waals surface area contributed by atoms with Gasteiger partial charge in [-0.15, -0.1) is 0 Å². The minimum Gasteiger partial charge on any atom is -0.457 e. The first-order chi connectivity index (χ1) is 5.22. The number of hydrogen-bond acceptors (Lipinski definition) is 6. The molecule has 0 radical (unpaired) electrons. The fourth-order valence-corrected chi connectivity index (χ4v) is 0.349.